The summed E-state index contributed by atoms with van der Waals surface area (Å²) >= 11 is 0. The summed E-state index contributed by atoms with van der Waals surface area (Å²) in [6, 6.07) is 0. The van der Waals surface area contributed by atoms with Gasteiger partial charge in [0.2, 0.25) is 0 Å². The Morgan fingerprint density at radius 1 is 0.517 bits per heavy atom. The van der Waals surface area contributed by atoms with E-state index in [0.29, 0.717) is 19.4 Å². The van der Waals surface area contributed by atoms with E-state index < -0.39 is 26.5 Å². The van der Waals surface area contributed by atoms with Crippen LogP contribution in [-0.4, -0.2) is 56.3 Å². The molecule has 0 aromatic carbocycles. The van der Waals surface area contributed by atoms with Gasteiger partial charge < -0.3 is 19.7 Å². The minimum absolute atomic E-state index is 0.0197. The number of allylic oxidation sites excluding steroid dienone is 6. The number of carbonyl (C=O) groups is 2. The summed E-state index contributed by atoms with van der Waals surface area (Å²) in [5.74, 6) is -0.822. The molecule has 0 heterocycles. The lowest BCUT2D eigenvalue weighted by Gasteiger charge is -2.20. The third-order valence-corrected chi connectivity index (χ3v) is 11.7. The minimum Gasteiger partial charge on any atom is -0.462 e. The molecule has 0 amide bonds. The van der Waals surface area contributed by atoms with E-state index in [2.05, 4.69) is 55.6 Å². The molecule has 2 unspecified atom stereocenters. The van der Waals surface area contributed by atoms with Crippen LogP contribution in [0, 0.1) is 0 Å². The number of phosphoric ester groups is 1. The second kappa shape index (κ2) is 46.7. The molecule has 0 aliphatic heterocycles. The van der Waals surface area contributed by atoms with Gasteiger partial charge in [0, 0.05) is 19.4 Å². The van der Waals surface area contributed by atoms with Crippen molar-refractivity contribution in [2.24, 2.45) is 0 Å². The Labute approximate surface area is 369 Å². The number of hydrogen-bond donors (Lipinski definition) is 2. The molecule has 0 aliphatic rings. The third kappa shape index (κ3) is 45.7. The maximum absolute atomic E-state index is 12.7. The fraction of sp³-hybridized carbons (Fsp3) is 0.840. The zero-order valence-corrected chi connectivity index (χ0v) is 40.1. The van der Waals surface area contributed by atoms with Crippen molar-refractivity contribution in [3.8, 4) is 0 Å². The standard InChI is InChI=1S/C50H94NO8P/c1-4-6-8-10-12-14-16-18-20-22-23-24-25-27-29-31-33-35-37-39-41-43-50(53)59-48(47-58-60(54,55)57-45-44-51-3)46-56-49(52)42-40-38-36-34-32-30-28-26-21-19-17-15-13-11-9-7-5-2/h13,15,19,21,28,30,48,51H,4-12,14,16-18,20,22-27,29,31-47H2,1-3H3,(H,54,55)/b15-13-,21-19-,30-28-. The van der Waals surface area contributed by atoms with Gasteiger partial charge in [0.25, 0.3) is 0 Å². The predicted molar refractivity (Wildman–Crippen MR) is 252 cm³/mol. The van der Waals surface area contributed by atoms with Crippen molar-refractivity contribution in [1.29, 1.82) is 0 Å². The van der Waals surface area contributed by atoms with Crippen LogP contribution in [0.3, 0.4) is 0 Å². The summed E-state index contributed by atoms with van der Waals surface area (Å²) in [5, 5.41) is 2.83. The molecule has 0 saturated carbocycles. The highest BCUT2D eigenvalue weighted by atomic mass is 31.2. The van der Waals surface area contributed by atoms with E-state index in [1.807, 2.05) is 0 Å². The molecule has 2 atom stereocenters. The van der Waals surface area contributed by atoms with Crippen molar-refractivity contribution in [1.82, 2.24) is 5.32 Å². The van der Waals surface area contributed by atoms with Gasteiger partial charge in [-0.15, -0.1) is 0 Å². The summed E-state index contributed by atoms with van der Waals surface area (Å²) in [6.45, 7) is 4.21. The average molecular weight is 868 g/mol. The number of phosphoric acid groups is 1. The smallest absolute Gasteiger partial charge is 0.462 e. The predicted octanol–water partition coefficient (Wildman–Crippen LogP) is 14.8. The Kier molecular flexibility index (Phi) is 45.3. The summed E-state index contributed by atoms with van der Waals surface area (Å²) in [6.07, 6.45) is 51.9. The van der Waals surface area contributed by atoms with E-state index in [-0.39, 0.29) is 32.0 Å². The van der Waals surface area contributed by atoms with E-state index in [1.165, 1.54) is 141 Å². The maximum Gasteiger partial charge on any atom is 0.472 e. The van der Waals surface area contributed by atoms with E-state index in [0.717, 1.165) is 51.4 Å². The minimum atomic E-state index is -4.36. The third-order valence-electron chi connectivity index (χ3n) is 10.8. The monoisotopic (exact) mass is 868 g/mol. The second-order valence-corrected chi connectivity index (χ2v) is 18.1. The van der Waals surface area contributed by atoms with Crippen LogP contribution in [0.2, 0.25) is 0 Å². The number of esters is 2. The zero-order valence-electron chi connectivity index (χ0n) is 39.2. The van der Waals surface area contributed by atoms with Crippen molar-refractivity contribution < 1.29 is 37.6 Å². The van der Waals surface area contributed by atoms with Crippen LogP contribution in [0.1, 0.15) is 232 Å². The highest BCUT2D eigenvalue weighted by Crippen LogP contribution is 2.43. The van der Waals surface area contributed by atoms with Crippen LogP contribution >= 0.6 is 7.82 Å². The molecular formula is C50H94NO8P. The molecular weight excluding hydrogens is 774 g/mol. The number of carbonyl (C=O) groups excluding carboxylic acids is 2. The SMILES string of the molecule is CCCCC/C=C\C/C=C\C/C=C\CCCCCCC(=O)OCC(COP(=O)(O)OCCNC)OC(=O)CCCCCCCCCCCCCCCCCCCCCCC. The van der Waals surface area contributed by atoms with Gasteiger partial charge in [-0.05, 0) is 58.4 Å². The Morgan fingerprint density at radius 3 is 1.37 bits per heavy atom. The Bertz CT molecular complexity index is 1080. The topological polar surface area (TPSA) is 120 Å². The zero-order chi connectivity index (χ0) is 43.9. The fourth-order valence-electron chi connectivity index (χ4n) is 6.97. The second-order valence-electron chi connectivity index (χ2n) is 16.7. The summed E-state index contributed by atoms with van der Waals surface area (Å²) < 4.78 is 33.3. The lowest BCUT2D eigenvalue weighted by molar-refractivity contribution is -0.161. The molecule has 2 N–H and O–H groups in total. The van der Waals surface area contributed by atoms with Crippen molar-refractivity contribution in [2.75, 3.05) is 33.4 Å². The Hall–Kier alpha value is -1.77. The molecule has 0 aromatic rings. The van der Waals surface area contributed by atoms with Gasteiger partial charge in [-0.1, -0.05) is 204 Å². The van der Waals surface area contributed by atoms with Gasteiger partial charge in [-0.3, -0.25) is 18.6 Å². The molecule has 0 saturated heterocycles. The Morgan fingerprint density at radius 2 is 0.900 bits per heavy atom. The number of nitrogens with one attached hydrogen (secondary N) is 1. The molecule has 352 valence electrons. The lowest BCUT2D eigenvalue weighted by atomic mass is 10.0. The van der Waals surface area contributed by atoms with E-state index in [9.17, 15) is 19.0 Å². The molecule has 10 heteroatoms. The van der Waals surface area contributed by atoms with Crippen molar-refractivity contribution in [3.63, 3.8) is 0 Å². The average Bonchev–Trinajstić information content (AvgIpc) is 3.23. The molecule has 0 rings (SSSR count). The van der Waals surface area contributed by atoms with Gasteiger partial charge in [0.05, 0.1) is 13.2 Å². The number of hydrogen-bond acceptors (Lipinski definition) is 8. The highest BCUT2D eigenvalue weighted by Gasteiger charge is 2.26. The van der Waals surface area contributed by atoms with E-state index in [1.54, 1.807) is 7.05 Å². The van der Waals surface area contributed by atoms with Gasteiger partial charge in [-0.2, -0.15) is 0 Å². The summed E-state index contributed by atoms with van der Waals surface area (Å²) in [4.78, 5) is 35.2. The molecule has 0 fully saturated rings. The fourth-order valence-corrected chi connectivity index (χ4v) is 7.72. The van der Waals surface area contributed by atoms with Crippen LogP contribution in [-0.2, 0) is 32.7 Å². The van der Waals surface area contributed by atoms with Gasteiger partial charge in [0.1, 0.15) is 6.61 Å². The van der Waals surface area contributed by atoms with Crippen LogP contribution in [0.25, 0.3) is 0 Å². The van der Waals surface area contributed by atoms with E-state index >= 15 is 0 Å². The molecule has 0 spiro atoms. The number of likely N-dealkylation sites (N-methyl/N-ethyl adjacent to an activating group) is 1. The maximum atomic E-state index is 12.7. The van der Waals surface area contributed by atoms with Crippen LogP contribution < -0.4 is 5.32 Å². The van der Waals surface area contributed by atoms with Crippen molar-refractivity contribution in [3.05, 3.63) is 36.5 Å². The summed E-state index contributed by atoms with van der Waals surface area (Å²) in [7, 11) is -2.66. The molecule has 0 radical (unpaired) electrons. The van der Waals surface area contributed by atoms with Crippen LogP contribution in [0.5, 0.6) is 0 Å². The first-order valence-electron chi connectivity index (χ1n) is 24.9. The molecule has 0 aromatic heterocycles. The largest absolute Gasteiger partial charge is 0.472 e. The van der Waals surface area contributed by atoms with Crippen molar-refractivity contribution in [2.45, 2.75) is 238 Å². The van der Waals surface area contributed by atoms with Crippen molar-refractivity contribution >= 4 is 19.8 Å². The Balaban J connectivity index is 4.14. The lowest BCUT2D eigenvalue weighted by Crippen LogP contribution is -2.29. The van der Waals surface area contributed by atoms with Gasteiger partial charge >= 0.3 is 19.8 Å². The van der Waals surface area contributed by atoms with Gasteiger partial charge in [-0.25, -0.2) is 4.57 Å². The quantitative estimate of drug-likeness (QED) is 0.0266. The molecule has 0 bridgehead atoms. The molecule has 0 aliphatic carbocycles. The summed E-state index contributed by atoms with van der Waals surface area (Å²) in [5.41, 5.74) is 0. The first-order valence-corrected chi connectivity index (χ1v) is 26.4. The number of unbranched alkanes of at least 4 members (excludes halogenated alkanes) is 27. The number of ether oxygens (including phenoxy) is 2. The first-order chi connectivity index (χ1) is 29.3. The van der Waals surface area contributed by atoms with E-state index in [4.69, 9.17) is 18.5 Å². The van der Waals surface area contributed by atoms with Crippen LogP contribution in [0.15, 0.2) is 36.5 Å². The molecule has 60 heavy (non-hydrogen) atoms. The first kappa shape index (κ1) is 58.2. The number of rotatable bonds is 47. The van der Waals surface area contributed by atoms with Crippen LogP contribution in [0.4, 0.5) is 0 Å². The normalized spacial score (nSPS) is 13.5. The highest BCUT2D eigenvalue weighted by molar-refractivity contribution is 7.47. The van der Waals surface area contributed by atoms with Gasteiger partial charge in [0.15, 0.2) is 6.10 Å². The molecule has 9 nitrogen and oxygen atoms in total.